The third-order valence-corrected chi connectivity index (χ3v) is 3.75. The first-order valence-electron chi connectivity index (χ1n) is 6.64. The predicted molar refractivity (Wildman–Crippen MR) is 68.9 cm³/mol. The molecule has 0 aromatic heterocycles. The molecule has 2 rings (SSSR count). The summed E-state index contributed by atoms with van der Waals surface area (Å²) >= 11 is 0. The van der Waals surface area contributed by atoms with E-state index in [-0.39, 0.29) is 5.92 Å². The van der Waals surface area contributed by atoms with Gasteiger partial charge < -0.3 is 9.84 Å². The Balaban J connectivity index is 2.35. The van der Waals surface area contributed by atoms with Gasteiger partial charge in [0.1, 0.15) is 0 Å². The topological polar surface area (TPSA) is 46.5 Å². The van der Waals surface area contributed by atoms with Gasteiger partial charge in [-0.2, -0.15) is 0 Å². The Hall–Kier alpha value is -1.35. The number of hydrogen-bond acceptors (Lipinski definition) is 3. The van der Waals surface area contributed by atoms with Crippen molar-refractivity contribution >= 4 is 5.97 Å². The SMILES string of the molecule is CCOC(=O)[C@](O)(c1ccccc1)C1CCCC1. The van der Waals surface area contributed by atoms with Crippen LogP contribution >= 0.6 is 0 Å². The minimum absolute atomic E-state index is 0.0288. The molecule has 0 radical (unpaired) electrons. The van der Waals surface area contributed by atoms with Crippen LogP contribution in [0.4, 0.5) is 0 Å². The third kappa shape index (κ3) is 2.27. The Morgan fingerprint density at radius 3 is 2.50 bits per heavy atom. The zero-order valence-corrected chi connectivity index (χ0v) is 10.8. The molecule has 18 heavy (non-hydrogen) atoms. The molecule has 0 aliphatic heterocycles. The number of rotatable bonds is 4. The summed E-state index contributed by atoms with van der Waals surface area (Å²) in [5, 5.41) is 10.9. The zero-order chi connectivity index (χ0) is 13.0. The lowest BCUT2D eigenvalue weighted by Crippen LogP contribution is -2.43. The first-order chi connectivity index (χ1) is 8.69. The summed E-state index contributed by atoms with van der Waals surface area (Å²) in [5.74, 6) is -0.540. The fourth-order valence-electron chi connectivity index (χ4n) is 2.80. The van der Waals surface area contributed by atoms with E-state index in [0.29, 0.717) is 12.2 Å². The van der Waals surface area contributed by atoms with Gasteiger partial charge in [0.05, 0.1) is 6.61 Å². The van der Waals surface area contributed by atoms with E-state index < -0.39 is 11.6 Å². The van der Waals surface area contributed by atoms with Crippen LogP contribution in [-0.2, 0) is 15.1 Å². The molecular formula is C15H20O3. The second kappa shape index (κ2) is 5.53. The van der Waals surface area contributed by atoms with Crippen LogP contribution in [0.5, 0.6) is 0 Å². The number of ether oxygens (including phenoxy) is 1. The average Bonchev–Trinajstić information content (AvgIpc) is 2.93. The molecule has 3 heteroatoms. The van der Waals surface area contributed by atoms with E-state index in [2.05, 4.69) is 0 Å². The van der Waals surface area contributed by atoms with Gasteiger partial charge in [-0.15, -0.1) is 0 Å². The summed E-state index contributed by atoms with van der Waals surface area (Å²) < 4.78 is 5.08. The first kappa shape index (κ1) is 13.1. The van der Waals surface area contributed by atoms with E-state index in [4.69, 9.17) is 4.74 Å². The summed E-state index contributed by atoms with van der Waals surface area (Å²) in [4.78, 5) is 12.2. The number of benzene rings is 1. The van der Waals surface area contributed by atoms with Gasteiger partial charge in [0.15, 0.2) is 5.60 Å². The van der Waals surface area contributed by atoms with Gasteiger partial charge in [0.2, 0.25) is 0 Å². The molecule has 1 aliphatic carbocycles. The van der Waals surface area contributed by atoms with Crippen LogP contribution in [0.25, 0.3) is 0 Å². The first-order valence-corrected chi connectivity index (χ1v) is 6.64. The fraction of sp³-hybridized carbons (Fsp3) is 0.533. The molecule has 0 unspecified atom stereocenters. The highest BCUT2D eigenvalue weighted by atomic mass is 16.5. The molecule has 1 fully saturated rings. The molecule has 0 saturated heterocycles. The Kier molecular flexibility index (Phi) is 4.02. The van der Waals surface area contributed by atoms with Gasteiger partial charge in [-0.25, -0.2) is 4.79 Å². The van der Waals surface area contributed by atoms with E-state index in [1.54, 1.807) is 19.1 Å². The van der Waals surface area contributed by atoms with Crippen LogP contribution in [-0.4, -0.2) is 17.7 Å². The minimum Gasteiger partial charge on any atom is -0.464 e. The van der Waals surface area contributed by atoms with Crippen molar-refractivity contribution in [3.63, 3.8) is 0 Å². The van der Waals surface area contributed by atoms with Crippen molar-refractivity contribution < 1.29 is 14.6 Å². The highest BCUT2D eigenvalue weighted by molar-refractivity contribution is 5.81. The zero-order valence-electron chi connectivity index (χ0n) is 10.8. The molecule has 0 heterocycles. The van der Waals surface area contributed by atoms with Crippen LogP contribution in [0.1, 0.15) is 38.2 Å². The lowest BCUT2D eigenvalue weighted by molar-refractivity contribution is -0.173. The lowest BCUT2D eigenvalue weighted by atomic mass is 9.80. The van der Waals surface area contributed by atoms with Crippen molar-refractivity contribution in [2.75, 3.05) is 6.61 Å². The molecule has 1 saturated carbocycles. The number of esters is 1. The van der Waals surface area contributed by atoms with Crippen LogP contribution in [0.3, 0.4) is 0 Å². The van der Waals surface area contributed by atoms with E-state index >= 15 is 0 Å². The molecule has 0 bridgehead atoms. The second-order valence-electron chi connectivity index (χ2n) is 4.83. The Bertz CT molecular complexity index is 395. The van der Waals surface area contributed by atoms with Gasteiger partial charge in [0, 0.05) is 5.92 Å². The summed E-state index contributed by atoms with van der Waals surface area (Å²) in [7, 11) is 0. The number of carbonyl (C=O) groups is 1. The number of hydrogen-bond donors (Lipinski definition) is 1. The van der Waals surface area contributed by atoms with Crippen LogP contribution in [0, 0.1) is 5.92 Å². The monoisotopic (exact) mass is 248 g/mol. The maximum absolute atomic E-state index is 12.2. The molecule has 1 aromatic rings. The largest absolute Gasteiger partial charge is 0.464 e. The van der Waals surface area contributed by atoms with Gasteiger partial charge in [-0.05, 0) is 25.3 Å². The summed E-state index contributed by atoms with van der Waals surface area (Å²) in [6.07, 6.45) is 3.90. The van der Waals surface area contributed by atoms with Crippen LogP contribution in [0.15, 0.2) is 30.3 Å². The van der Waals surface area contributed by atoms with Crippen molar-refractivity contribution in [1.29, 1.82) is 0 Å². The molecule has 1 aliphatic rings. The standard InChI is InChI=1S/C15H20O3/c1-2-18-14(16)15(17,13-10-6-7-11-13)12-8-4-3-5-9-12/h3-5,8-9,13,17H,2,6-7,10-11H2,1H3/t15-/m0/s1. The van der Waals surface area contributed by atoms with E-state index in [9.17, 15) is 9.90 Å². The lowest BCUT2D eigenvalue weighted by Gasteiger charge is -2.32. The van der Waals surface area contributed by atoms with Crippen molar-refractivity contribution in [3.05, 3.63) is 35.9 Å². The Morgan fingerprint density at radius 2 is 1.94 bits per heavy atom. The Labute approximate surface area is 108 Å². The maximum atomic E-state index is 12.2. The molecule has 1 atom stereocenters. The summed E-state index contributed by atoms with van der Waals surface area (Å²) in [6.45, 7) is 2.05. The van der Waals surface area contributed by atoms with E-state index in [1.165, 1.54) is 0 Å². The molecule has 1 aromatic carbocycles. The van der Waals surface area contributed by atoms with E-state index in [0.717, 1.165) is 25.7 Å². The van der Waals surface area contributed by atoms with Crippen molar-refractivity contribution in [3.8, 4) is 0 Å². The maximum Gasteiger partial charge on any atom is 0.343 e. The quantitative estimate of drug-likeness (QED) is 0.833. The van der Waals surface area contributed by atoms with Crippen molar-refractivity contribution in [2.24, 2.45) is 5.92 Å². The molecule has 0 spiro atoms. The predicted octanol–water partition coefficient (Wildman–Crippen LogP) is 2.63. The molecule has 98 valence electrons. The van der Waals surface area contributed by atoms with Gasteiger partial charge in [-0.3, -0.25) is 0 Å². The van der Waals surface area contributed by atoms with Crippen LogP contribution < -0.4 is 0 Å². The molecule has 1 N–H and O–H groups in total. The summed E-state index contributed by atoms with van der Waals surface area (Å²) in [6, 6.07) is 9.16. The molecular weight excluding hydrogens is 228 g/mol. The fourth-order valence-corrected chi connectivity index (χ4v) is 2.80. The normalized spacial score (nSPS) is 19.4. The highest BCUT2D eigenvalue weighted by Gasteiger charge is 2.47. The Morgan fingerprint density at radius 1 is 1.33 bits per heavy atom. The number of aliphatic hydroxyl groups is 1. The third-order valence-electron chi connectivity index (χ3n) is 3.75. The smallest absolute Gasteiger partial charge is 0.343 e. The minimum atomic E-state index is -1.48. The van der Waals surface area contributed by atoms with Gasteiger partial charge >= 0.3 is 5.97 Å². The summed E-state index contributed by atoms with van der Waals surface area (Å²) in [5.41, 5.74) is -0.830. The second-order valence-corrected chi connectivity index (χ2v) is 4.83. The average molecular weight is 248 g/mol. The van der Waals surface area contributed by atoms with Gasteiger partial charge in [0.25, 0.3) is 0 Å². The molecule has 3 nitrogen and oxygen atoms in total. The molecule has 0 amide bonds. The van der Waals surface area contributed by atoms with Gasteiger partial charge in [-0.1, -0.05) is 43.2 Å². The van der Waals surface area contributed by atoms with E-state index in [1.807, 2.05) is 18.2 Å². The van der Waals surface area contributed by atoms with Crippen LogP contribution in [0.2, 0.25) is 0 Å². The van der Waals surface area contributed by atoms with Crippen molar-refractivity contribution in [2.45, 2.75) is 38.2 Å². The highest BCUT2D eigenvalue weighted by Crippen LogP contribution is 2.41. The van der Waals surface area contributed by atoms with Crippen molar-refractivity contribution in [1.82, 2.24) is 0 Å². The number of carbonyl (C=O) groups excluding carboxylic acids is 1.